The Morgan fingerprint density at radius 1 is 1.12 bits per heavy atom. The monoisotopic (exact) mass is 341 g/mol. The molecule has 2 rings (SSSR count). The Morgan fingerprint density at radius 3 is 2.64 bits per heavy atom. The Balaban J connectivity index is 1.74. The number of amides is 1. The van der Waals surface area contributed by atoms with E-state index in [1.807, 2.05) is 24.3 Å². The topological polar surface area (TPSA) is 74.3 Å². The molecule has 25 heavy (non-hydrogen) atoms. The zero-order valence-corrected chi connectivity index (χ0v) is 14.9. The van der Waals surface area contributed by atoms with Crippen molar-refractivity contribution in [1.29, 1.82) is 0 Å². The highest BCUT2D eigenvalue weighted by Crippen LogP contribution is 2.09. The van der Waals surface area contributed by atoms with Gasteiger partial charge in [0.1, 0.15) is 0 Å². The number of carbonyl (C=O) groups is 1. The molecular weight excluding hydrogens is 314 g/mol. The number of hydrogen-bond donors (Lipinski definition) is 2. The maximum atomic E-state index is 12.0. The highest BCUT2D eigenvalue weighted by Gasteiger charge is 2.02. The van der Waals surface area contributed by atoms with Gasteiger partial charge in [0.15, 0.2) is 0 Å². The largest absolute Gasteiger partial charge is 0.321 e. The molecule has 1 heterocycles. The number of hydrazone groups is 1. The zero-order valence-electron chi connectivity index (χ0n) is 14.9. The van der Waals surface area contributed by atoms with Crippen LogP contribution in [0.3, 0.4) is 0 Å². The molecule has 0 fully saturated rings. The lowest BCUT2D eigenvalue weighted by atomic mass is 10.1. The summed E-state index contributed by atoms with van der Waals surface area (Å²) in [5, 5.41) is 4.83. The van der Waals surface area contributed by atoms with Gasteiger partial charge in [-0.15, -0.1) is 0 Å². The van der Waals surface area contributed by atoms with Crippen molar-refractivity contribution in [3.63, 3.8) is 0 Å². The van der Waals surface area contributed by atoms with Gasteiger partial charge in [-0.1, -0.05) is 63.6 Å². The van der Waals surface area contributed by atoms with E-state index in [0.717, 1.165) is 23.7 Å². The number of hydrogen-bond acceptors (Lipinski definition) is 3. The number of para-hydroxylation sites is 1. The summed E-state index contributed by atoms with van der Waals surface area (Å²) in [5.41, 5.74) is 3.49. The fourth-order valence-electron chi connectivity index (χ4n) is 2.73. The van der Waals surface area contributed by atoms with Crippen LogP contribution < -0.4 is 11.0 Å². The van der Waals surface area contributed by atoms with Crippen LogP contribution in [0.25, 0.3) is 10.9 Å². The van der Waals surface area contributed by atoms with E-state index < -0.39 is 0 Å². The second kappa shape index (κ2) is 10.4. The second-order valence-corrected chi connectivity index (χ2v) is 6.31. The number of carbonyl (C=O) groups excluding carboxylic acids is 1. The molecule has 0 saturated heterocycles. The Labute approximate surface area is 148 Å². The first kappa shape index (κ1) is 18.9. The van der Waals surface area contributed by atoms with Crippen LogP contribution in [0.2, 0.25) is 0 Å². The van der Waals surface area contributed by atoms with Crippen molar-refractivity contribution in [2.24, 2.45) is 5.10 Å². The van der Waals surface area contributed by atoms with Crippen LogP contribution in [-0.4, -0.2) is 17.1 Å². The zero-order chi connectivity index (χ0) is 17.9. The van der Waals surface area contributed by atoms with Crippen molar-refractivity contribution in [1.82, 2.24) is 10.4 Å². The van der Waals surface area contributed by atoms with Gasteiger partial charge in [-0.2, -0.15) is 5.10 Å². The number of benzene rings is 1. The predicted octanol–water partition coefficient (Wildman–Crippen LogP) is 4.12. The summed E-state index contributed by atoms with van der Waals surface area (Å²) in [6, 6.07) is 9.31. The van der Waals surface area contributed by atoms with E-state index in [1.165, 1.54) is 38.3 Å². The van der Waals surface area contributed by atoms with Gasteiger partial charge in [0.05, 0.1) is 11.8 Å². The summed E-state index contributed by atoms with van der Waals surface area (Å²) in [6.45, 7) is 2.20. The summed E-state index contributed by atoms with van der Waals surface area (Å²) in [4.78, 5) is 26.5. The average Bonchev–Trinajstić information content (AvgIpc) is 2.61. The lowest BCUT2D eigenvalue weighted by Crippen LogP contribution is -2.18. The first-order chi connectivity index (χ1) is 12.2. The van der Waals surface area contributed by atoms with Gasteiger partial charge in [0, 0.05) is 11.9 Å². The standard InChI is InChI=1S/C20H27N3O2/c1-2-3-4-5-6-7-8-13-19(24)23-21-15-17-14-16-11-9-10-12-18(16)22-20(17)25/h9-12,14-15H,2-8,13H2,1H3,(H,22,25)(H,23,24). The molecule has 2 aromatic rings. The van der Waals surface area contributed by atoms with Crippen LogP contribution in [-0.2, 0) is 4.79 Å². The quantitative estimate of drug-likeness (QED) is 0.387. The number of aromatic amines is 1. The minimum Gasteiger partial charge on any atom is -0.321 e. The Morgan fingerprint density at radius 2 is 1.84 bits per heavy atom. The smallest absolute Gasteiger partial charge is 0.257 e. The lowest BCUT2D eigenvalue weighted by molar-refractivity contribution is -0.121. The van der Waals surface area contributed by atoms with Crippen LogP contribution in [0.4, 0.5) is 0 Å². The maximum Gasteiger partial charge on any atom is 0.257 e. The third kappa shape index (κ3) is 6.53. The highest BCUT2D eigenvalue weighted by atomic mass is 16.2. The van der Waals surface area contributed by atoms with Crippen molar-refractivity contribution in [2.45, 2.75) is 58.3 Å². The number of unbranched alkanes of at least 4 members (excludes halogenated alkanes) is 6. The molecule has 0 bridgehead atoms. The molecule has 0 aliphatic rings. The van der Waals surface area contributed by atoms with Crippen molar-refractivity contribution >= 4 is 23.0 Å². The Bertz CT molecular complexity index is 765. The van der Waals surface area contributed by atoms with Gasteiger partial charge in [-0.25, -0.2) is 5.43 Å². The predicted molar refractivity (Wildman–Crippen MR) is 103 cm³/mol. The van der Waals surface area contributed by atoms with E-state index in [-0.39, 0.29) is 11.5 Å². The second-order valence-electron chi connectivity index (χ2n) is 6.31. The van der Waals surface area contributed by atoms with E-state index >= 15 is 0 Å². The molecule has 1 amide bonds. The van der Waals surface area contributed by atoms with E-state index in [1.54, 1.807) is 6.07 Å². The van der Waals surface area contributed by atoms with Gasteiger partial charge >= 0.3 is 0 Å². The molecule has 1 aromatic carbocycles. The summed E-state index contributed by atoms with van der Waals surface area (Å²) >= 11 is 0. The number of pyridine rings is 1. The van der Waals surface area contributed by atoms with Crippen molar-refractivity contribution in [3.8, 4) is 0 Å². The number of fused-ring (bicyclic) bond motifs is 1. The molecule has 5 nitrogen and oxygen atoms in total. The third-order valence-corrected chi connectivity index (χ3v) is 4.18. The number of H-pyrrole nitrogens is 1. The molecule has 0 atom stereocenters. The summed E-state index contributed by atoms with van der Waals surface area (Å²) in [5.74, 6) is -0.109. The van der Waals surface area contributed by atoms with E-state index in [4.69, 9.17) is 0 Å². The van der Waals surface area contributed by atoms with Gasteiger partial charge in [0.25, 0.3) is 5.56 Å². The first-order valence-corrected chi connectivity index (χ1v) is 9.14. The molecule has 0 saturated carbocycles. The summed E-state index contributed by atoms with van der Waals surface area (Å²) < 4.78 is 0. The molecule has 0 aliphatic carbocycles. The average molecular weight is 341 g/mol. The lowest BCUT2D eigenvalue weighted by Gasteiger charge is -2.01. The van der Waals surface area contributed by atoms with Crippen LogP contribution >= 0.6 is 0 Å². The number of nitrogens with one attached hydrogen (secondary N) is 2. The number of rotatable bonds is 10. The van der Waals surface area contributed by atoms with Crippen molar-refractivity contribution < 1.29 is 4.79 Å². The Kier molecular flexibility index (Phi) is 7.89. The third-order valence-electron chi connectivity index (χ3n) is 4.18. The fraction of sp³-hybridized carbons (Fsp3) is 0.450. The van der Waals surface area contributed by atoms with Gasteiger partial charge in [-0.3, -0.25) is 9.59 Å². The molecule has 5 heteroatoms. The molecule has 0 radical (unpaired) electrons. The molecule has 0 unspecified atom stereocenters. The van der Waals surface area contributed by atoms with Crippen LogP contribution in [0, 0.1) is 0 Å². The molecular formula is C20H27N3O2. The maximum absolute atomic E-state index is 12.0. The van der Waals surface area contributed by atoms with Crippen LogP contribution in [0.1, 0.15) is 63.9 Å². The van der Waals surface area contributed by atoms with Gasteiger partial charge in [0.2, 0.25) is 5.91 Å². The van der Waals surface area contributed by atoms with Crippen molar-refractivity contribution in [3.05, 3.63) is 46.2 Å². The van der Waals surface area contributed by atoms with Crippen LogP contribution in [0.15, 0.2) is 40.2 Å². The summed E-state index contributed by atoms with van der Waals surface area (Å²) in [6.07, 6.45) is 10.1. The summed E-state index contributed by atoms with van der Waals surface area (Å²) in [7, 11) is 0. The van der Waals surface area contributed by atoms with E-state index in [2.05, 4.69) is 22.4 Å². The number of aromatic nitrogens is 1. The SMILES string of the molecule is CCCCCCCCCC(=O)NN=Cc1cc2ccccc2[nH]c1=O. The van der Waals surface area contributed by atoms with Gasteiger partial charge in [-0.05, 0) is 23.9 Å². The van der Waals surface area contributed by atoms with Crippen LogP contribution in [0.5, 0.6) is 0 Å². The first-order valence-electron chi connectivity index (χ1n) is 9.14. The van der Waals surface area contributed by atoms with E-state index in [9.17, 15) is 9.59 Å². The molecule has 0 spiro atoms. The van der Waals surface area contributed by atoms with E-state index in [0.29, 0.717) is 12.0 Å². The minimum atomic E-state index is -0.219. The normalized spacial score (nSPS) is 11.2. The van der Waals surface area contributed by atoms with Crippen molar-refractivity contribution in [2.75, 3.05) is 0 Å². The molecule has 1 aromatic heterocycles. The Hall–Kier alpha value is -2.43. The molecule has 2 N–H and O–H groups in total. The molecule has 0 aliphatic heterocycles. The fourth-order valence-corrected chi connectivity index (χ4v) is 2.73. The molecule has 134 valence electrons. The minimum absolute atomic E-state index is 0.109. The number of nitrogens with zero attached hydrogens (tertiary/aromatic N) is 1. The highest BCUT2D eigenvalue weighted by molar-refractivity contribution is 5.88. The van der Waals surface area contributed by atoms with Gasteiger partial charge < -0.3 is 4.98 Å².